The molecule has 1 aliphatic carbocycles. The molecule has 0 saturated carbocycles. The molecule has 2 unspecified atom stereocenters. The fourth-order valence-electron chi connectivity index (χ4n) is 5.79. The van der Waals surface area contributed by atoms with Crippen LogP contribution in [-0.4, -0.2) is 4.98 Å². The van der Waals surface area contributed by atoms with Crippen LogP contribution in [0.3, 0.4) is 0 Å². The van der Waals surface area contributed by atoms with Crippen LogP contribution >= 0.6 is 11.6 Å². The summed E-state index contributed by atoms with van der Waals surface area (Å²) in [6.45, 7) is 2.37. The van der Waals surface area contributed by atoms with E-state index in [1.165, 1.54) is 50.0 Å². The normalized spacial score (nSPS) is 16.9. The zero-order valence-corrected chi connectivity index (χ0v) is 21.1. The second-order valence-electron chi connectivity index (χ2n) is 9.87. The van der Waals surface area contributed by atoms with Crippen molar-refractivity contribution in [1.29, 1.82) is 0 Å². The summed E-state index contributed by atoms with van der Waals surface area (Å²) in [7, 11) is 0. The van der Waals surface area contributed by atoms with Crippen LogP contribution in [0.2, 0.25) is 5.02 Å². The van der Waals surface area contributed by atoms with E-state index in [0.29, 0.717) is 11.8 Å². The van der Waals surface area contributed by atoms with Crippen molar-refractivity contribution >= 4 is 43.9 Å². The fraction of sp³-hybridized carbons (Fsp3) is 0.147. The third-order valence-corrected chi connectivity index (χ3v) is 7.74. The van der Waals surface area contributed by atoms with Crippen molar-refractivity contribution in [2.24, 2.45) is 5.92 Å². The lowest BCUT2D eigenvalue weighted by atomic mass is 9.72. The first-order valence-electron chi connectivity index (χ1n) is 12.7. The molecule has 0 saturated heterocycles. The van der Waals surface area contributed by atoms with Crippen molar-refractivity contribution in [3.05, 3.63) is 137 Å². The van der Waals surface area contributed by atoms with E-state index in [1.54, 1.807) is 0 Å². The maximum absolute atomic E-state index is 6.70. The average molecular weight is 486 g/mol. The monoisotopic (exact) mass is 485 g/mol. The molecule has 1 nitrogen and oxygen atoms in total. The second-order valence-corrected chi connectivity index (χ2v) is 10.3. The predicted molar refractivity (Wildman–Crippen MR) is 154 cm³/mol. The number of hydrogen-bond acceptors (Lipinski definition) is 1. The Morgan fingerprint density at radius 3 is 2.19 bits per heavy atom. The van der Waals surface area contributed by atoms with Gasteiger partial charge in [-0.2, -0.15) is 0 Å². The molecule has 0 bridgehead atoms. The second kappa shape index (κ2) is 9.76. The van der Waals surface area contributed by atoms with E-state index in [4.69, 9.17) is 11.6 Å². The van der Waals surface area contributed by atoms with Gasteiger partial charge in [0, 0.05) is 28.7 Å². The molecule has 7 rings (SSSR count). The van der Waals surface area contributed by atoms with Gasteiger partial charge in [0.2, 0.25) is 0 Å². The first kappa shape index (κ1) is 22.8. The molecule has 1 aromatic heterocycles. The van der Waals surface area contributed by atoms with Gasteiger partial charge in [0.05, 0.1) is 0 Å². The van der Waals surface area contributed by atoms with Crippen molar-refractivity contribution in [2.45, 2.75) is 25.7 Å². The molecule has 0 spiro atoms. The van der Waals surface area contributed by atoms with Gasteiger partial charge in [0.25, 0.3) is 0 Å². The van der Waals surface area contributed by atoms with E-state index < -0.39 is 0 Å². The SMILES string of the molecule is CC1Cc2ccc3c(cc(Cl)c4ccccc43)c2C(c2ccccc2)C1.c1ccc2cnccc2c1. The van der Waals surface area contributed by atoms with E-state index in [-0.39, 0.29) is 0 Å². The molecule has 2 atom stereocenters. The smallest absolute Gasteiger partial charge is 0.0490 e. The number of fused-ring (bicyclic) bond motifs is 6. The van der Waals surface area contributed by atoms with Crippen LogP contribution in [0, 0.1) is 5.92 Å². The molecule has 1 aliphatic rings. The highest BCUT2D eigenvalue weighted by molar-refractivity contribution is 6.37. The van der Waals surface area contributed by atoms with E-state index in [9.17, 15) is 0 Å². The third-order valence-electron chi connectivity index (χ3n) is 7.43. The zero-order valence-electron chi connectivity index (χ0n) is 20.4. The summed E-state index contributed by atoms with van der Waals surface area (Å²) in [6.07, 6.45) is 6.03. The van der Waals surface area contributed by atoms with E-state index >= 15 is 0 Å². The number of rotatable bonds is 1. The Morgan fingerprint density at radius 2 is 1.39 bits per heavy atom. The van der Waals surface area contributed by atoms with E-state index in [1.807, 2.05) is 30.6 Å². The Hall–Kier alpha value is -3.68. The van der Waals surface area contributed by atoms with Crippen LogP contribution in [-0.2, 0) is 6.42 Å². The molecule has 0 fully saturated rings. The molecule has 5 aromatic carbocycles. The maximum atomic E-state index is 6.70. The Labute approximate surface area is 217 Å². The zero-order chi connectivity index (χ0) is 24.5. The highest BCUT2D eigenvalue weighted by Gasteiger charge is 2.28. The lowest BCUT2D eigenvalue weighted by Gasteiger charge is -2.32. The van der Waals surface area contributed by atoms with Crippen molar-refractivity contribution < 1.29 is 0 Å². The van der Waals surface area contributed by atoms with Gasteiger partial charge in [-0.05, 0) is 74.5 Å². The van der Waals surface area contributed by atoms with Crippen LogP contribution in [0.15, 0.2) is 116 Å². The predicted octanol–water partition coefficient (Wildman–Crippen LogP) is 9.60. The standard InChI is InChI=1S/C25H21Cl.C9H7N/c1-16-13-18-11-12-20-19-9-5-6-10-21(19)24(26)15-23(20)25(18)22(14-16)17-7-3-2-4-8-17;1-2-4-9-7-10-6-5-8(9)3-1/h2-12,15-16,22H,13-14H2,1H3;1-7H. The number of benzene rings is 5. The number of halogens is 1. The summed E-state index contributed by atoms with van der Waals surface area (Å²) < 4.78 is 0. The molecule has 176 valence electrons. The minimum atomic E-state index is 0.441. The molecular weight excluding hydrogens is 458 g/mol. The lowest BCUT2D eigenvalue weighted by molar-refractivity contribution is 0.467. The number of pyridine rings is 1. The minimum Gasteiger partial charge on any atom is -0.264 e. The maximum Gasteiger partial charge on any atom is 0.0490 e. The largest absolute Gasteiger partial charge is 0.264 e. The fourth-order valence-corrected chi connectivity index (χ4v) is 6.06. The first-order chi connectivity index (χ1) is 17.7. The van der Waals surface area contributed by atoms with Gasteiger partial charge < -0.3 is 0 Å². The van der Waals surface area contributed by atoms with Gasteiger partial charge in [-0.3, -0.25) is 4.98 Å². The summed E-state index contributed by atoms with van der Waals surface area (Å²) in [4.78, 5) is 4.01. The van der Waals surface area contributed by atoms with Crippen LogP contribution in [0.25, 0.3) is 32.3 Å². The quantitative estimate of drug-likeness (QED) is 0.211. The Balaban J connectivity index is 0.000000200. The average Bonchev–Trinajstić information content (AvgIpc) is 2.93. The van der Waals surface area contributed by atoms with Crippen LogP contribution in [0.1, 0.15) is 36.0 Å². The summed E-state index contributed by atoms with van der Waals surface area (Å²) in [6, 6.07) is 36.5. The number of hydrogen-bond donors (Lipinski definition) is 0. The topological polar surface area (TPSA) is 12.9 Å². The molecule has 36 heavy (non-hydrogen) atoms. The van der Waals surface area contributed by atoms with Gasteiger partial charge in [-0.25, -0.2) is 0 Å². The van der Waals surface area contributed by atoms with Gasteiger partial charge in [0.15, 0.2) is 0 Å². The minimum absolute atomic E-state index is 0.441. The Bertz CT molecular complexity index is 1610. The van der Waals surface area contributed by atoms with Gasteiger partial charge in [-0.1, -0.05) is 110 Å². The molecule has 1 heterocycles. The summed E-state index contributed by atoms with van der Waals surface area (Å²) in [5, 5.41) is 8.34. The van der Waals surface area contributed by atoms with Gasteiger partial charge in [-0.15, -0.1) is 0 Å². The molecule has 6 aromatic rings. The number of nitrogens with zero attached hydrogens (tertiary/aromatic N) is 1. The van der Waals surface area contributed by atoms with Crippen LogP contribution in [0.4, 0.5) is 0 Å². The molecular formula is C34H28ClN. The molecule has 0 amide bonds. The van der Waals surface area contributed by atoms with Crippen LogP contribution in [0.5, 0.6) is 0 Å². The van der Waals surface area contributed by atoms with Crippen molar-refractivity contribution in [3.8, 4) is 0 Å². The summed E-state index contributed by atoms with van der Waals surface area (Å²) >= 11 is 6.70. The summed E-state index contributed by atoms with van der Waals surface area (Å²) in [5.41, 5.74) is 4.38. The highest BCUT2D eigenvalue weighted by Crippen LogP contribution is 2.45. The molecule has 0 radical (unpaired) electrons. The molecule has 0 aliphatic heterocycles. The first-order valence-corrected chi connectivity index (χ1v) is 13.0. The molecule has 0 N–H and O–H groups in total. The van der Waals surface area contributed by atoms with Crippen LogP contribution < -0.4 is 0 Å². The Morgan fingerprint density at radius 1 is 0.694 bits per heavy atom. The van der Waals surface area contributed by atoms with Crippen molar-refractivity contribution in [1.82, 2.24) is 4.98 Å². The van der Waals surface area contributed by atoms with Crippen molar-refractivity contribution in [2.75, 3.05) is 0 Å². The highest BCUT2D eigenvalue weighted by atomic mass is 35.5. The summed E-state index contributed by atoms with van der Waals surface area (Å²) in [5.74, 6) is 1.14. The lowest BCUT2D eigenvalue weighted by Crippen LogP contribution is -2.18. The van der Waals surface area contributed by atoms with E-state index in [2.05, 4.69) is 96.8 Å². The van der Waals surface area contributed by atoms with E-state index in [0.717, 1.165) is 16.8 Å². The van der Waals surface area contributed by atoms with Gasteiger partial charge in [0.1, 0.15) is 0 Å². The third kappa shape index (κ3) is 4.25. The number of aromatic nitrogens is 1. The van der Waals surface area contributed by atoms with Crippen molar-refractivity contribution in [3.63, 3.8) is 0 Å². The van der Waals surface area contributed by atoms with Gasteiger partial charge >= 0.3 is 0 Å². The Kier molecular flexibility index (Phi) is 6.17. The molecule has 2 heteroatoms.